The van der Waals surface area contributed by atoms with Gasteiger partial charge in [-0.05, 0) is 25.1 Å². The van der Waals surface area contributed by atoms with Gasteiger partial charge in [0, 0.05) is 6.07 Å². The predicted octanol–water partition coefficient (Wildman–Crippen LogP) is 3.40. The lowest BCUT2D eigenvalue weighted by Gasteiger charge is -2.08. The molecule has 3 aromatic rings. The van der Waals surface area contributed by atoms with Gasteiger partial charge in [-0.2, -0.15) is 4.99 Å². The van der Waals surface area contributed by atoms with Crippen molar-refractivity contribution >= 4 is 33.1 Å². The van der Waals surface area contributed by atoms with E-state index >= 15 is 0 Å². The van der Waals surface area contributed by atoms with E-state index in [1.807, 2.05) is 19.1 Å². The fourth-order valence-corrected chi connectivity index (χ4v) is 4.03. The molecular formula is C21H19N3O6S. The number of methoxy groups -OCH3 is 2. The Morgan fingerprint density at radius 1 is 1.26 bits per heavy atom. The van der Waals surface area contributed by atoms with E-state index in [-0.39, 0.29) is 23.6 Å². The quantitative estimate of drug-likeness (QED) is 0.316. The summed E-state index contributed by atoms with van der Waals surface area (Å²) in [4.78, 5) is 28.3. The van der Waals surface area contributed by atoms with Crippen LogP contribution in [-0.4, -0.2) is 36.2 Å². The summed E-state index contributed by atoms with van der Waals surface area (Å²) >= 11 is 1.23. The summed E-state index contributed by atoms with van der Waals surface area (Å²) in [6.45, 7) is 2.57. The molecule has 1 aromatic heterocycles. The van der Waals surface area contributed by atoms with E-state index in [9.17, 15) is 14.9 Å². The normalized spacial score (nSPS) is 11.2. The van der Waals surface area contributed by atoms with Crippen LogP contribution in [0.25, 0.3) is 10.2 Å². The second kappa shape index (κ2) is 9.32. The number of hydrogen-bond acceptors (Lipinski definition) is 7. The van der Waals surface area contributed by atoms with Gasteiger partial charge in [-0.3, -0.25) is 14.9 Å². The third-order valence-corrected chi connectivity index (χ3v) is 5.38. The Morgan fingerprint density at radius 2 is 1.97 bits per heavy atom. The molecule has 0 atom stereocenters. The van der Waals surface area contributed by atoms with E-state index < -0.39 is 16.5 Å². The Kier molecular flexibility index (Phi) is 6.57. The third-order valence-electron chi connectivity index (χ3n) is 4.34. The predicted molar refractivity (Wildman–Crippen MR) is 116 cm³/mol. The fourth-order valence-electron chi connectivity index (χ4n) is 2.98. The molecule has 0 N–H and O–H groups in total. The van der Waals surface area contributed by atoms with Gasteiger partial charge in [0.15, 0.2) is 16.3 Å². The van der Waals surface area contributed by atoms with Crippen molar-refractivity contribution in [1.82, 2.24) is 4.57 Å². The lowest BCUT2D eigenvalue weighted by molar-refractivity contribution is -0.385. The Hall–Kier alpha value is -3.84. The van der Waals surface area contributed by atoms with Crippen molar-refractivity contribution in [1.29, 1.82) is 0 Å². The molecule has 0 aliphatic rings. The molecule has 0 radical (unpaired) electrons. The highest BCUT2D eigenvalue weighted by Crippen LogP contribution is 2.35. The zero-order valence-electron chi connectivity index (χ0n) is 17.1. The van der Waals surface area contributed by atoms with Crippen LogP contribution in [0, 0.1) is 22.5 Å². The number of aromatic nitrogens is 1. The third kappa shape index (κ3) is 4.36. The van der Waals surface area contributed by atoms with Gasteiger partial charge in [0.05, 0.1) is 48.6 Å². The van der Waals surface area contributed by atoms with Crippen molar-refractivity contribution in [2.75, 3.05) is 20.8 Å². The van der Waals surface area contributed by atoms with Crippen molar-refractivity contribution in [3.05, 3.63) is 50.8 Å². The molecule has 0 fully saturated rings. The lowest BCUT2D eigenvalue weighted by Crippen LogP contribution is -2.17. The average Bonchev–Trinajstić information content (AvgIpc) is 3.09. The minimum Gasteiger partial charge on any atom is -0.494 e. The number of thiazole rings is 1. The van der Waals surface area contributed by atoms with Crippen LogP contribution in [0.1, 0.15) is 17.3 Å². The topological polar surface area (TPSA) is 105 Å². The number of rotatable bonds is 7. The number of benzene rings is 2. The van der Waals surface area contributed by atoms with Crippen molar-refractivity contribution in [3.8, 4) is 29.6 Å². The minimum atomic E-state index is -0.796. The van der Waals surface area contributed by atoms with Gasteiger partial charge in [-0.25, -0.2) is 0 Å². The Balaban J connectivity index is 2.19. The molecule has 0 spiro atoms. The molecule has 2 aromatic carbocycles. The summed E-state index contributed by atoms with van der Waals surface area (Å²) in [7, 11) is 2.72. The van der Waals surface area contributed by atoms with Crippen LogP contribution in [0.3, 0.4) is 0 Å². The van der Waals surface area contributed by atoms with Gasteiger partial charge in [-0.15, -0.1) is 6.42 Å². The van der Waals surface area contributed by atoms with Crippen molar-refractivity contribution in [2.24, 2.45) is 4.99 Å². The SMILES string of the molecule is C#CCn1c(=NC(=O)c2cc(OC)c(OC)cc2[N+](=O)[O-])sc2cc(OCC)ccc21. The maximum Gasteiger partial charge on any atom is 0.286 e. The van der Waals surface area contributed by atoms with Gasteiger partial charge in [0.1, 0.15) is 11.3 Å². The summed E-state index contributed by atoms with van der Waals surface area (Å²) in [5.74, 6) is 2.74. The lowest BCUT2D eigenvalue weighted by atomic mass is 10.1. The Bertz CT molecular complexity index is 1270. The van der Waals surface area contributed by atoms with E-state index in [1.165, 1.54) is 31.6 Å². The number of ether oxygens (including phenoxy) is 3. The van der Waals surface area contributed by atoms with E-state index in [0.29, 0.717) is 17.2 Å². The molecule has 160 valence electrons. The molecule has 10 heteroatoms. The zero-order valence-corrected chi connectivity index (χ0v) is 17.9. The summed E-state index contributed by atoms with van der Waals surface area (Å²) in [6.07, 6.45) is 5.50. The zero-order chi connectivity index (χ0) is 22.5. The van der Waals surface area contributed by atoms with E-state index in [4.69, 9.17) is 20.6 Å². The first-order valence-corrected chi connectivity index (χ1v) is 9.94. The number of nitro benzene ring substituents is 1. The first-order chi connectivity index (χ1) is 14.9. The van der Waals surface area contributed by atoms with Gasteiger partial charge < -0.3 is 18.8 Å². The van der Waals surface area contributed by atoms with Crippen LogP contribution in [0.15, 0.2) is 35.3 Å². The smallest absolute Gasteiger partial charge is 0.286 e. The second-order valence-corrected chi connectivity index (χ2v) is 7.14. The molecule has 0 bridgehead atoms. The molecule has 0 aliphatic carbocycles. The minimum absolute atomic E-state index is 0.137. The van der Waals surface area contributed by atoms with Crippen LogP contribution < -0.4 is 19.0 Å². The number of amides is 1. The molecule has 0 aliphatic heterocycles. The molecule has 31 heavy (non-hydrogen) atoms. The second-order valence-electron chi connectivity index (χ2n) is 6.14. The standard InChI is InChI=1S/C21H19N3O6S/c1-5-9-23-15-8-7-13(30-6-2)10-19(15)31-21(23)22-20(25)14-11-17(28-3)18(29-4)12-16(14)24(26)27/h1,7-8,10-12H,6,9H2,2-4H3. The molecule has 1 amide bonds. The molecule has 3 rings (SSSR count). The Morgan fingerprint density at radius 3 is 2.58 bits per heavy atom. The summed E-state index contributed by atoms with van der Waals surface area (Å²) in [6, 6.07) is 7.84. The number of hydrogen-bond donors (Lipinski definition) is 0. The maximum atomic E-state index is 13.0. The molecule has 1 heterocycles. The van der Waals surface area contributed by atoms with Gasteiger partial charge >= 0.3 is 0 Å². The summed E-state index contributed by atoms with van der Waals surface area (Å²) < 4.78 is 18.3. The summed E-state index contributed by atoms with van der Waals surface area (Å²) in [5.41, 5.74) is 0.122. The number of nitro groups is 1. The van der Waals surface area contributed by atoms with Crippen molar-refractivity contribution < 1.29 is 23.9 Å². The van der Waals surface area contributed by atoms with Crippen LogP contribution in [0.4, 0.5) is 5.69 Å². The van der Waals surface area contributed by atoms with Gasteiger partial charge in [0.2, 0.25) is 0 Å². The van der Waals surface area contributed by atoms with E-state index in [1.54, 1.807) is 10.6 Å². The van der Waals surface area contributed by atoms with E-state index in [0.717, 1.165) is 16.3 Å². The fraction of sp³-hybridized carbons (Fsp3) is 0.238. The molecule has 0 saturated heterocycles. The highest BCUT2D eigenvalue weighted by atomic mass is 32.1. The van der Waals surface area contributed by atoms with Crippen molar-refractivity contribution in [3.63, 3.8) is 0 Å². The maximum absolute atomic E-state index is 13.0. The monoisotopic (exact) mass is 441 g/mol. The number of carbonyl (C=O) groups is 1. The van der Waals surface area contributed by atoms with Crippen LogP contribution in [-0.2, 0) is 6.54 Å². The largest absolute Gasteiger partial charge is 0.494 e. The van der Waals surface area contributed by atoms with Crippen LogP contribution in [0.2, 0.25) is 0 Å². The van der Waals surface area contributed by atoms with Crippen LogP contribution in [0.5, 0.6) is 17.2 Å². The highest BCUT2D eigenvalue weighted by Gasteiger charge is 2.24. The number of terminal acetylenes is 1. The molecule has 0 saturated carbocycles. The summed E-state index contributed by atoms with van der Waals surface area (Å²) in [5, 5.41) is 11.5. The molecular weight excluding hydrogens is 422 g/mol. The number of carbonyl (C=O) groups excluding carboxylic acids is 1. The van der Waals surface area contributed by atoms with Crippen molar-refractivity contribution in [2.45, 2.75) is 13.5 Å². The number of fused-ring (bicyclic) bond motifs is 1. The van der Waals surface area contributed by atoms with Gasteiger partial charge in [-0.1, -0.05) is 17.3 Å². The number of nitrogens with zero attached hydrogens (tertiary/aromatic N) is 3. The van der Waals surface area contributed by atoms with Crippen LogP contribution >= 0.6 is 11.3 Å². The first kappa shape index (κ1) is 21.9. The van der Waals surface area contributed by atoms with Gasteiger partial charge in [0.25, 0.3) is 11.6 Å². The first-order valence-electron chi connectivity index (χ1n) is 9.12. The highest BCUT2D eigenvalue weighted by molar-refractivity contribution is 7.16. The van der Waals surface area contributed by atoms with E-state index in [2.05, 4.69) is 10.9 Å². The molecule has 0 unspecified atom stereocenters. The average molecular weight is 441 g/mol. The molecule has 9 nitrogen and oxygen atoms in total. The Labute approximate surface area is 181 Å².